The van der Waals surface area contributed by atoms with E-state index in [2.05, 4.69) is 15.3 Å². The van der Waals surface area contributed by atoms with Crippen molar-refractivity contribution in [3.63, 3.8) is 0 Å². The summed E-state index contributed by atoms with van der Waals surface area (Å²) in [6.45, 7) is 6.59. The Bertz CT molecular complexity index is 714. The van der Waals surface area contributed by atoms with Crippen LogP contribution in [0.5, 0.6) is 5.88 Å². The summed E-state index contributed by atoms with van der Waals surface area (Å²) < 4.78 is 5.59. The molecule has 1 heterocycles. The Morgan fingerprint density at radius 3 is 2.71 bits per heavy atom. The second-order valence-electron chi connectivity index (χ2n) is 5.81. The Kier molecular flexibility index (Phi) is 5.98. The fourth-order valence-corrected chi connectivity index (χ4v) is 2.26. The molecule has 1 amide bonds. The molecule has 24 heavy (non-hydrogen) atoms. The molecule has 0 atom stereocenters. The molecule has 0 radical (unpaired) electrons. The highest BCUT2D eigenvalue weighted by Gasteiger charge is 2.08. The monoisotopic (exact) mass is 348 g/mol. The van der Waals surface area contributed by atoms with Crippen LogP contribution in [0.2, 0.25) is 5.15 Å². The van der Waals surface area contributed by atoms with Gasteiger partial charge in [-0.05, 0) is 23.6 Å². The molecule has 1 aromatic heterocycles. The van der Waals surface area contributed by atoms with Crippen LogP contribution in [0.4, 0.5) is 5.95 Å². The smallest absolute Gasteiger partial charge is 0.224 e. The maximum atomic E-state index is 11.6. The lowest BCUT2D eigenvalue weighted by molar-refractivity contribution is -0.124. The Balaban J connectivity index is 1.97. The minimum absolute atomic E-state index is 0.0231. The van der Waals surface area contributed by atoms with Crippen molar-refractivity contribution >= 4 is 23.5 Å². The second-order valence-corrected chi connectivity index (χ2v) is 6.20. The molecule has 0 unspecified atom stereocenters. The first-order valence-electron chi connectivity index (χ1n) is 7.64. The van der Waals surface area contributed by atoms with Crippen molar-refractivity contribution in [3.8, 4) is 5.88 Å². The fourth-order valence-electron chi connectivity index (χ4n) is 2.08. The summed E-state index contributed by atoms with van der Waals surface area (Å²) in [4.78, 5) is 19.4. The van der Waals surface area contributed by atoms with Crippen LogP contribution < -0.4 is 15.8 Å². The predicted octanol–water partition coefficient (Wildman–Crippen LogP) is 2.87. The number of hydrogen-bond acceptors (Lipinski definition) is 5. The zero-order valence-corrected chi connectivity index (χ0v) is 14.7. The first kappa shape index (κ1) is 18.0. The maximum Gasteiger partial charge on any atom is 0.224 e. The van der Waals surface area contributed by atoms with Crippen LogP contribution in [0, 0.1) is 12.8 Å². The van der Waals surface area contributed by atoms with E-state index in [4.69, 9.17) is 22.1 Å². The number of nitrogens with zero attached hydrogens (tertiary/aromatic N) is 2. The van der Waals surface area contributed by atoms with Crippen molar-refractivity contribution in [2.45, 2.75) is 33.9 Å². The summed E-state index contributed by atoms with van der Waals surface area (Å²) >= 11 is 5.81. The van der Waals surface area contributed by atoms with Gasteiger partial charge in [-0.3, -0.25) is 4.79 Å². The molecule has 3 N–H and O–H groups in total. The van der Waals surface area contributed by atoms with Gasteiger partial charge in [-0.1, -0.05) is 43.6 Å². The zero-order valence-electron chi connectivity index (χ0n) is 14.0. The molecule has 0 spiro atoms. The van der Waals surface area contributed by atoms with Crippen molar-refractivity contribution in [2.24, 2.45) is 5.92 Å². The van der Waals surface area contributed by atoms with Gasteiger partial charge in [-0.15, -0.1) is 0 Å². The number of benzene rings is 1. The first-order chi connectivity index (χ1) is 11.3. The molecule has 128 valence electrons. The number of halogens is 1. The van der Waals surface area contributed by atoms with E-state index >= 15 is 0 Å². The molecule has 0 saturated carbocycles. The molecule has 7 heteroatoms. The van der Waals surface area contributed by atoms with Crippen molar-refractivity contribution in [2.75, 3.05) is 5.73 Å². The Hall–Kier alpha value is -2.34. The summed E-state index contributed by atoms with van der Waals surface area (Å²) in [5.74, 6) is 0.425. The number of nitrogens with one attached hydrogen (secondary N) is 1. The van der Waals surface area contributed by atoms with Crippen LogP contribution in [-0.4, -0.2) is 15.9 Å². The van der Waals surface area contributed by atoms with Gasteiger partial charge in [0, 0.05) is 18.5 Å². The molecular weight excluding hydrogens is 328 g/mol. The number of anilines is 1. The molecule has 0 fully saturated rings. The van der Waals surface area contributed by atoms with Crippen LogP contribution in [-0.2, 0) is 17.9 Å². The number of nitrogens with two attached hydrogens (primary N) is 1. The normalized spacial score (nSPS) is 10.7. The number of aromatic nitrogens is 2. The average Bonchev–Trinajstić information content (AvgIpc) is 2.50. The van der Waals surface area contributed by atoms with Gasteiger partial charge in [-0.25, -0.2) is 4.98 Å². The van der Waals surface area contributed by atoms with Gasteiger partial charge in [0.1, 0.15) is 11.8 Å². The van der Waals surface area contributed by atoms with Gasteiger partial charge in [0.2, 0.25) is 17.7 Å². The average molecular weight is 349 g/mol. The third-order valence-electron chi connectivity index (χ3n) is 3.46. The predicted molar refractivity (Wildman–Crippen MR) is 93.7 cm³/mol. The van der Waals surface area contributed by atoms with E-state index in [0.29, 0.717) is 19.0 Å². The highest BCUT2D eigenvalue weighted by molar-refractivity contribution is 6.29. The van der Waals surface area contributed by atoms with Crippen LogP contribution >= 0.6 is 11.6 Å². The minimum atomic E-state index is -0.0231. The van der Waals surface area contributed by atoms with Gasteiger partial charge in [-0.2, -0.15) is 4.98 Å². The van der Waals surface area contributed by atoms with Crippen molar-refractivity contribution in [3.05, 3.63) is 46.1 Å². The number of ether oxygens (including phenoxy) is 1. The minimum Gasteiger partial charge on any atom is -0.473 e. The molecule has 0 saturated heterocycles. The number of nitrogen functional groups attached to an aromatic ring is 1. The van der Waals surface area contributed by atoms with E-state index in [1.165, 1.54) is 6.07 Å². The third-order valence-corrected chi connectivity index (χ3v) is 3.65. The standard InChI is InChI=1S/C17H21ClN4O2/c1-10(2)16(23)20-8-13-5-4-12(6-11(13)3)9-24-15-7-14(18)21-17(19)22-15/h4-7,10H,8-9H2,1-3H3,(H,20,23)(H2,19,21,22). The quantitative estimate of drug-likeness (QED) is 0.783. The molecular formula is C17H21ClN4O2. The molecule has 2 aromatic rings. The number of carbonyl (C=O) groups is 1. The second kappa shape index (κ2) is 7.97. The summed E-state index contributed by atoms with van der Waals surface area (Å²) in [7, 11) is 0. The lowest BCUT2D eigenvalue weighted by Crippen LogP contribution is -2.27. The van der Waals surface area contributed by atoms with Crippen molar-refractivity contribution in [1.29, 1.82) is 0 Å². The number of aryl methyl sites for hydroxylation is 1. The van der Waals surface area contributed by atoms with E-state index in [9.17, 15) is 4.79 Å². The summed E-state index contributed by atoms with van der Waals surface area (Å²) in [5.41, 5.74) is 8.67. The van der Waals surface area contributed by atoms with Gasteiger partial charge < -0.3 is 15.8 Å². The topological polar surface area (TPSA) is 90.1 Å². The van der Waals surface area contributed by atoms with Gasteiger partial charge >= 0.3 is 0 Å². The molecule has 0 aliphatic heterocycles. The van der Waals surface area contributed by atoms with Crippen LogP contribution in [0.15, 0.2) is 24.3 Å². The molecule has 2 rings (SSSR count). The van der Waals surface area contributed by atoms with E-state index in [0.717, 1.165) is 16.7 Å². The van der Waals surface area contributed by atoms with Gasteiger partial charge in [0.05, 0.1) is 0 Å². The van der Waals surface area contributed by atoms with Crippen molar-refractivity contribution in [1.82, 2.24) is 15.3 Å². The molecule has 0 aliphatic carbocycles. The van der Waals surface area contributed by atoms with Crippen LogP contribution in [0.1, 0.15) is 30.5 Å². The largest absolute Gasteiger partial charge is 0.473 e. The van der Waals surface area contributed by atoms with Crippen LogP contribution in [0.25, 0.3) is 0 Å². The number of carbonyl (C=O) groups excluding carboxylic acids is 1. The molecule has 0 aliphatic rings. The summed E-state index contributed by atoms with van der Waals surface area (Å²) in [6.07, 6.45) is 0. The number of rotatable bonds is 6. The lowest BCUT2D eigenvalue weighted by atomic mass is 10.1. The Labute approximate surface area is 146 Å². The lowest BCUT2D eigenvalue weighted by Gasteiger charge is -2.12. The SMILES string of the molecule is Cc1cc(COc2cc(Cl)nc(N)n2)ccc1CNC(=O)C(C)C. The highest BCUT2D eigenvalue weighted by atomic mass is 35.5. The third kappa shape index (κ3) is 5.09. The highest BCUT2D eigenvalue weighted by Crippen LogP contribution is 2.17. The summed E-state index contributed by atoms with van der Waals surface area (Å²) in [6, 6.07) is 7.47. The van der Waals surface area contributed by atoms with E-state index in [-0.39, 0.29) is 22.9 Å². The first-order valence-corrected chi connectivity index (χ1v) is 8.02. The van der Waals surface area contributed by atoms with Crippen molar-refractivity contribution < 1.29 is 9.53 Å². The van der Waals surface area contributed by atoms with E-state index in [1.54, 1.807) is 0 Å². The van der Waals surface area contributed by atoms with E-state index < -0.39 is 0 Å². The number of hydrogen-bond donors (Lipinski definition) is 2. The van der Waals surface area contributed by atoms with Crippen LogP contribution in [0.3, 0.4) is 0 Å². The summed E-state index contributed by atoms with van der Waals surface area (Å²) in [5, 5.41) is 3.15. The van der Waals surface area contributed by atoms with Gasteiger partial charge in [0.25, 0.3) is 0 Å². The molecule has 6 nitrogen and oxygen atoms in total. The molecule has 0 bridgehead atoms. The zero-order chi connectivity index (χ0) is 17.7. The Morgan fingerprint density at radius 1 is 1.33 bits per heavy atom. The maximum absolute atomic E-state index is 11.6. The molecule has 1 aromatic carbocycles. The fraction of sp³-hybridized carbons (Fsp3) is 0.353. The van der Waals surface area contributed by atoms with E-state index in [1.807, 2.05) is 39.0 Å². The number of amides is 1. The van der Waals surface area contributed by atoms with Gasteiger partial charge in [0.15, 0.2) is 0 Å². The Morgan fingerprint density at radius 2 is 2.08 bits per heavy atom.